The number of carboxylic acids is 1. The summed E-state index contributed by atoms with van der Waals surface area (Å²) in [5.74, 6) is -1.81. The van der Waals surface area contributed by atoms with Crippen molar-refractivity contribution in [2.75, 3.05) is 6.61 Å². The highest BCUT2D eigenvalue weighted by Gasteiger charge is 2.18. The number of aliphatic carboxylic acids is 1. The van der Waals surface area contributed by atoms with E-state index in [1.54, 1.807) is 12.1 Å². The van der Waals surface area contributed by atoms with Crippen LogP contribution >= 0.6 is 11.6 Å². The lowest BCUT2D eigenvalue weighted by Crippen LogP contribution is -2.11. The molecule has 0 unspecified atom stereocenters. The Hall–Kier alpha value is -2.53. The Bertz CT molecular complexity index is 846. The molecule has 0 saturated heterocycles. The zero-order valence-corrected chi connectivity index (χ0v) is 15.3. The zero-order valence-electron chi connectivity index (χ0n) is 14.6. The summed E-state index contributed by atoms with van der Waals surface area (Å²) in [6.07, 6.45) is 1.66. The van der Waals surface area contributed by atoms with Crippen LogP contribution in [0.1, 0.15) is 42.0 Å². The molecule has 0 amide bonds. The molecule has 0 aromatic heterocycles. The molecule has 2 aromatic carbocycles. The number of hydrogen-bond acceptors (Lipinski definition) is 3. The fourth-order valence-corrected chi connectivity index (χ4v) is 2.94. The predicted molar refractivity (Wildman–Crippen MR) is 99.6 cm³/mol. The largest absolute Gasteiger partial charge is 0.508 e. The first-order valence-electron chi connectivity index (χ1n) is 8.04. The van der Waals surface area contributed by atoms with Crippen molar-refractivity contribution in [2.45, 2.75) is 26.2 Å². The number of hydrogen-bond donors (Lipinski definition) is 2. The molecule has 0 heterocycles. The van der Waals surface area contributed by atoms with Crippen molar-refractivity contribution in [3.8, 4) is 11.5 Å². The van der Waals surface area contributed by atoms with E-state index in [1.165, 1.54) is 12.1 Å². The van der Waals surface area contributed by atoms with Crippen LogP contribution in [0.3, 0.4) is 0 Å². The van der Waals surface area contributed by atoms with Gasteiger partial charge in [-0.3, -0.25) is 0 Å². The summed E-state index contributed by atoms with van der Waals surface area (Å²) in [4.78, 5) is 10.6. The molecule has 26 heavy (non-hydrogen) atoms. The summed E-state index contributed by atoms with van der Waals surface area (Å²) in [6, 6.07) is 6.48. The second-order valence-electron chi connectivity index (χ2n) is 6.17. The Morgan fingerprint density at radius 2 is 2.08 bits per heavy atom. The van der Waals surface area contributed by atoms with Crippen molar-refractivity contribution in [3.63, 3.8) is 0 Å². The van der Waals surface area contributed by atoms with Crippen LogP contribution in [0.5, 0.6) is 11.5 Å². The molecule has 0 aliphatic carbocycles. The van der Waals surface area contributed by atoms with E-state index in [0.29, 0.717) is 12.0 Å². The van der Waals surface area contributed by atoms with E-state index in [1.807, 2.05) is 19.9 Å². The minimum atomic E-state index is -1.21. The molecule has 0 aliphatic rings. The number of benzene rings is 2. The average molecular weight is 379 g/mol. The van der Waals surface area contributed by atoms with Gasteiger partial charge in [0.2, 0.25) is 0 Å². The third-order valence-corrected chi connectivity index (χ3v) is 4.31. The number of carboxylic acid groups (broad SMARTS) is 1. The van der Waals surface area contributed by atoms with E-state index in [9.17, 15) is 14.3 Å². The van der Waals surface area contributed by atoms with Gasteiger partial charge in [0.25, 0.3) is 0 Å². The second-order valence-corrected chi connectivity index (χ2v) is 6.58. The van der Waals surface area contributed by atoms with E-state index < -0.39 is 18.4 Å². The van der Waals surface area contributed by atoms with Gasteiger partial charge in [0.05, 0.1) is 0 Å². The lowest BCUT2D eigenvalue weighted by molar-refractivity contribution is -0.139. The van der Waals surface area contributed by atoms with Crippen LogP contribution < -0.4 is 4.74 Å². The quantitative estimate of drug-likeness (QED) is 0.711. The van der Waals surface area contributed by atoms with Gasteiger partial charge >= 0.3 is 5.97 Å². The molecular formula is C20H20ClFO4. The summed E-state index contributed by atoms with van der Waals surface area (Å²) < 4.78 is 19.6. The molecule has 2 rings (SSSR count). The number of aromatic hydroxyl groups is 1. The van der Waals surface area contributed by atoms with Crippen molar-refractivity contribution in [1.82, 2.24) is 0 Å². The fourth-order valence-electron chi connectivity index (χ4n) is 2.68. The molecule has 0 radical (unpaired) electrons. The molecule has 0 bridgehead atoms. The lowest BCUT2D eigenvalue weighted by Gasteiger charge is -2.15. The highest BCUT2D eigenvalue weighted by molar-refractivity contribution is 6.31. The maximum Gasteiger partial charge on any atom is 0.341 e. The maximum atomic E-state index is 14.7. The highest BCUT2D eigenvalue weighted by atomic mass is 35.5. The SMILES string of the molecule is C=Cc1c(F)c(OCC(=O)O)cc(Cl)c1Cc1ccc(O)c(C(C)C)c1. The van der Waals surface area contributed by atoms with Gasteiger partial charge < -0.3 is 14.9 Å². The van der Waals surface area contributed by atoms with Crippen LogP contribution in [-0.2, 0) is 11.2 Å². The third kappa shape index (κ3) is 4.35. The van der Waals surface area contributed by atoms with Crippen molar-refractivity contribution in [3.05, 3.63) is 63.9 Å². The topological polar surface area (TPSA) is 66.8 Å². The van der Waals surface area contributed by atoms with Crippen LogP contribution in [-0.4, -0.2) is 22.8 Å². The normalized spacial score (nSPS) is 10.8. The molecule has 2 N–H and O–H groups in total. The first-order valence-corrected chi connectivity index (χ1v) is 8.42. The number of ether oxygens (including phenoxy) is 1. The van der Waals surface area contributed by atoms with Gasteiger partial charge in [0.1, 0.15) is 5.75 Å². The number of halogens is 2. The van der Waals surface area contributed by atoms with Gasteiger partial charge in [0.15, 0.2) is 18.2 Å². The maximum absolute atomic E-state index is 14.7. The minimum Gasteiger partial charge on any atom is -0.508 e. The summed E-state index contributed by atoms with van der Waals surface area (Å²) >= 11 is 6.29. The second kappa shape index (κ2) is 8.23. The van der Waals surface area contributed by atoms with Gasteiger partial charge in [0, 0.05) is 16.7 Å². The Kier molecular flexibility index (Phi) is 6.27. The minimum absolute atomic E-state index is 0.132. The lowest BCUT2D eigenvalue weighted by atomic mass is 9.94. The molecular weight excluding hydrogens is 359 g/mol. The summed E-state index contributed by atoms with van der Waals surface area (Å²) in [7, 11) is 0. The number of phenols is 1. The van der Waals surface area contributed by atoms with Gasteiger partial charge in [-0.05, 0) is 35.1 Å². The summed E-state index contributed by atoms with van der Waals surface area (Å²) in [5, 5.41) is 18.9. The monoisotopic (exact) mass is 378 g/mol. The molecule has 6 heteroatoms. The van der Waals surface area contributed by atoms with E-state index in [-0.39, 0.29) is 28.0 Å². The van der Waals surface area contributed by atoms with Crippen molar-refractivity contribution < 1.29 is 24.1 Å². The molecule has 0 saturated carbocycles. The average Bonchev–Trinajstić information content (AvgIpc) is 2.58. The predicted octanol–water partition coefficient (Wildman–Crippen LogP) is 5.01. The summed E-state index contributed by atoms with van der Waals surface area (Å²) in [5.41, 5.74) is 2.33. The first-order chi connectivity index (χ1) is 12.2. The molecule has 0 aliphatic heterocycles. The molecule has 0 atom stereocenters. The highest BCUT2D eigenvalue weighted by Crippen LogP contribution is 2.34. The molecule has 4 nitrogen and oxygen atoms in total. The summed E-state index contributed by atoms with van der Waals surface area (Å²) in [6.45, 7) is 6.89. The van der Waals surface area contributed by atoms with Gasteiger partial charge in [-0.25, -0.2) is 9.18 Å². The molecule has 0 fully saturated rings. The molecule has 2 aromatic rings. The Balaban J connectivity index is 2.44. The number of rotatable bonds is 7. The van der Waals surface area contributed by atoms with Crippen molar-refractivity contribution in [2.24, 2.45) is 0 Å². The van der Waals surface area contributed by atoms with E-state index in [0.717, 1.165) is 11.1 Å². The smallest absolute Gasteiger partial charge is 0.341 e. The van der Waals surface area contributed by atoms with Crippen LogP contribution in [0.4, 0.5) is 4.39 Å². The van der Waals surface area contributed by atoms with E-state index in [2.05, 4.69) is 6.58 Å². The first kappa shape index (κ1) is 19.8. The zero-order chi connectivity index (χ0) is 19.4. The third-order valence-electron chi connectivity index (χ3n) is 3.97. The Morgan fingerprint density at radius 3 is 2.65 bits per heavy atom. The van der Waals surface area contributed by atoms with Crippen LogP contribution in [0.25, 0.3) is 6.08 Å². The fraction of sp³-hybridized carbons (Fsp3) is 0.250. The Labute approximate surface area is 156 Å². The van der Waals surface area contributed by atoms with E-state index >= 15 is 0 Å². The molecule has 0 spiro atoms. The van der Waals surface area contributed by atoms with Crippen molar-refractivity contribution in [1.29, 1.82) is 0 Å². The van der Waals surface area contributed by atoms with Crippen LogP contribution in [0.15, 0.2) is 30.8 Å². The van der Waals surface area contributed by atoms with Crippen molar-refractivity contribution >= 4 is 23.6 Å². The number of carbonyl (C=O) groups is 1. The van der Waals surface area contributed by atoms with Crippen LogP contribution in [0.2, 0.25) is 5.02 Å². The van der Waals surface area contributed by atoms with Gasteiger partial charge in [-0.1, -0.05) is 50.2 Å². The van der Waals surface area contributed by atoms with E-state index in [4.69, 9.17) is 21.4 Å². The molecule has 138 valence electrons. The van der Waals surface area contributed by atoms with Crippen LogP contribution in [0, 0.1) is 5.82 Å². The van der Waals surface area contributed by atoms with Gasteiger partial charge in [-0.2, -0.15) is 0 Å². The Morgan fingerprint density at radius 1 is 1.38 bits per heavy atom. The van der Waals surface area contributed by atoms with Gasteiger partial charge in [-0.15, -0.1) is 0 Å². The standard InChI is InChI=1S/C20H20ClFO4/c1-4-13-15(8-12-5-6-17(23)14(7-12)11(2)3)16(21)9-18(20(13)22)26-10-19(24)25/h4-7,9,11,23H,1,8,10H2,2-3H3,(H,24,25). The number of phenolic OH excluding ortho intramolecular Hbond substituents is 1.